The summed E-state index contributed by atoms with van der Waals surface area (Å²) in [6.45, 7) is 3.55. The fraction of sp³-hybridized carbons (Fsp3) is 0.881. The van der Waals surface area contributed by atoms with Crippen molar-refractivity contribution in [1.29, 1.82) is 0 Å². The van der Waals surface area contributed by atoms with Crippen LogP contribution in [0.4, 0.5) is 0 Å². The Morgan fingerprint density at radius 1 is 0.654 bits per heavy atom. The number of aliphatic hydroxyl groups is 6. The van der Waals surface area contributed by atoms with Gasteiger partial charge in [-0.3, -0.25) is 4.79 Å². The van der Waals surface area contributed by atoms with Gasteiger partial charge in [0, 0.05) is 0 Å². The number of aliphatic hydroxyl groups excluding tert-OH is 6. The number of carbonyl (C=O) groups excluding carboxylic acids is 1. The van der Waals surface area contributed by atoms with Crippen molar-refractivity contribution in [2.75, 3.05) is 13.2 Å². The Morgan fingerprint density at radius 2 is 1.12 bits per heavy atom. The SMILES string of the molecule is CCCCCCCC/C=C\CCCCCCCCCCC(O)C(=O)N[C@@H](CO[C@@H]1O[C@H](CO)[C@@H](O)C(O)C1O)[C@H](O)/C=C/CCCCCCCCC. The predicted molar refractivity (Wildman–Crippen MR) is 209 cm³/mol. The molecule has 8 atom stereocenters. The Morgan fingerprint density at radius 3 is 1.62 bits per heavy atom. The third kappa shape index (κ3) is 23.4. The van der Waals surface area contributed by atoms with Gasteiger partial charge in [-0.1, -0.05) is 154 Å². The molecule has 0 spiro atoms. The van der Waals surface area contributed by atoms with Crippen molar-refractivity contribution in [3.8, 4) is 0 Å². The first-order valence-corrected chi connectivity index (χ1v) is 21.2. The second-order valence-corrected chi connectivity index (χ2v) is 14.9. The summed E-state index contributed by atoms with van der Waals surface area (Å²) < 4.78 is 11.1. The molecule has 0 bridgehead atoms. The van der Waals surface area contributed by atoms with E-state index in [0.29, 0.717) is 12.8 Å². The van der Waals surface area contributed by atoms with Gasteiger partial charge < -0.3 is 45.4 Å². The van der Waals surface area contributed by atoms with Crippen LogP contribution in [0.2, 0.25) is 0 Å². The molecular weight excluding hydrogens is 662 g/mol. The maximum atomic E-state index is 13.0. The van der Waals surface area contributed by atoms with E-state index in [-0.39, 0.29) is 6.61 Å². The standard InChI is InChI=1S/C42H79NO9/c1-3-5-7-9-11-13-14-15-16-17-18-19-20-21-23-25-27-29-31-36(46)41(50)43-34(35(45)30-28-26-24-22-12-10-8-6-4-2)33-51-42-40(49)39(48)38(47)37(32-44)52-42/h15-16,28,30,34-40,42,44-49H,3-14,17-27,29,31-33H2,1-2H3,(H,43,50)/b16-15-,30-28+/t34-,35+,36?,37+,38+,39?,40?,42+/m0/s1. The lowest BCUT2D eigenvalue weighted by atomic mass is 9.99. The normalized spacial score (nSPS) is 22.7. The zero-order chi connectivity index (χ0) is 38.2. The molecule has 0 aliphatic carbocycles. The number of hydrogen-bond acceptors (Lipinski definition) is 9. The van der Waals surface area contributed by atoms with Crippen LogP contribution in [-0.2, 0) is 14.3 Å². The van der Waals surface area contributed by atoms with E-state index in [1.807, 2.05) is 6.08 Å². The summed E-state index contributed by atoms with van der Waals surface area (Å²) in [6, 6.07) is -0.976. The van der Waals surface area contributed by atoms with E-state index in [1.165, 1.54) is 109 Å². The average Bonchev–Trinajstić information content (AvgIpc) is 3.14. The van der Waals surface area contributed by atoms with Crippen molar-refractivity contribution >= 4 is 5.91 Å². The van der Waals surface area contributed by atoms with Crippen molar-refractivity contribution < 1.29 is 44.9 Å². The van der Waals surface area contributed by atoms with Gasteiger partial charge in [-0.2, -0.15) is 0 Å². The Bertz CT molecular complexity index is 886. The molecule has 0 radical (unpaired) electrons. The van der Waals surface area contributed by atoms with Crippen LogP contribution < -0.4 is 5.32 Å². The van der Waals surface area contributed by atoms with Crippen molar-refractivity contribution in [3.05, 3.63) is 24.3 Å². The minimum atomic E-state index is -1.61. The molecule has 0 aromatic rings. The number of carbonyl (C=O) groups is 1. The summed E-state index contributed by atoms with van der Waals surface area (Å²) in [4.78, 5) is 13.0. The number of allylic oxidation sites excluding steroid dienone is 3. The molecule has 306 valence electrons. The molecule has 10 nitrogen and oxygen atoms in total. The first kappa shape index (κ1) is 48.6. The van der Waals surface area contributed by atoms with Crippen LogP contribution in [0.15, 0.2) is 24.3 Å². The molecule has 1 aliphatic heterocycles. The van der Waals surface area contributed by atoms with Crippen LogP contribution in [0.5, 0.6) is 0 Å². The van der Waals surface area contributed by atoms with Gasteiger partial charge in [-0.15, -0.1) is 0 Å². The predicted octanol–water partition coefficient (Wildman–Crippen LogP) is 6.91. The van der Waals surface area contributed by atoms with E-state index in [4.69, 9.17) is 9.47 Å². The van der Waals surface area contributed by atoms with Gasteiger partial charge in [0.2, 0.25) is 5.91 Å². The van der Waals surface area contributed by atoms with Crippen molar-refractivity contribution in [1.82, 2.24) is 5.32 Å². The minimum absolute atomic E-state index is 0.306. The third-order valence-corrected chi connectivity index (χ3v) is 10.1. The lowest BCUT2D eigenvalue weighted by Crippen LogP contribution is -2.60. The highest BCUT2D eigenvalue weighted by Gasteiger charge is 2.44. The monoisotopic (exact) mass is 742 g/mol. The fourth-order valence-electron chi connectivity index (χ4n) is 6.57. The van der Waals surface area contributed by atoms with Crippen molar-refractivity contribution in [2.45, 2.75) is 223 Å². The Balaban J connectivity index is 2.40. The van der Waals surface area contributed by atoms with Crippen LogP contribution in [0, 0.1) is 0 Å². The summed E-state index contributed by atoms with van der Waals surface area (Å²) in [6.07, 6.45) is 27.0. The largest absolute Gasteiger partial charge is 0.394 e. The van der Waals surface area contributed by atoms with Gasteiger partial charge in [0.1, 0.15) is 30.5 Å². The molecule has 52 heavy (non-hydrogen) atoms. The first-order valence-electron chi connectivity index (χ1n) is 21.2. The number of rotatable bonds is 34. The minimum Gasteiger partial charge on any atom is -0.394 e. The first-order chi connectivity index (χ1) is 25.3. The summed E-state index contributed by atoms with van der Waals surface area (Å²) >= 11 is 0. The molecule has 3 unspecified atom stereocenters. The number of ether oxygens (including phenoxy) is 2. The molecule has 1 amide bonds. The van der Waals surface area contributed by atoms with E-state index < -0.39 is 61.5 Å². The van der Waals surface area contributed by atoms with E-state index >= 15 is 0 Å². The third-order valence-electron chi connectivity index (χ3n) is 10.1. The number of hydrogen-bond donors (Lipinski definition) is 7. The Hall–Kier alpha value is -1.37. The molecule has 1 saturated heterocycles. The zero-order valence-electron chi connectivity index (χ0n) is 32.9. The van der Waals surface area contributed by atoms with Gasteiger partial charge in [0.25, 0.3) is 0 Å². The molecular formula is C42H79NO9. The Labute approximate surface area is 316 Å². The highest BCUT2D eigenvalue weighted by atomic mass is 16.7. The maximum Gasteiger partial charge on any atom is 0.249 e. The topological polar surface area (TPSA) is 169 Å². The zero-order valence-corrected chi connectivity index (χ0v) is 32.9. The summed E-state index contributed by atoms with van der Waals surface area (Å²) in [5.41, 5.74) is 0. The molecule has 0 aromatic carbocycles. The Kier molecular flexibility index (Phi) is 30.9. The van der Waals surface area contributed by atoms with Crippen LogP contribution >= 0.6 is 0 Å². The van der Waals surface area contributed by atoms with E-state index in [0.717, 1.165) is 38.5 Å². The summed E-state index contributed by atoms with van der Waals surface area (Å²) in [5, 5.41) is 64.3. The number of nitrogens with one attached hydrogen (secondary N) is 1. The quantitative estimate of drug-likeness (QED) is 0.0274. The van der Waals surface area contributed by atoms with E-state index in [2.05, 4.69) is 31.3 Å². The maximum absolute atomic E-state index is 13.0. The van der Waals surface area contributed by atoms with Crippen LogP contribution in [0.25, 0.3) is 0 Å². The highest BCUT2D eigenvalue weighted by Crippen LogP contribution is 2.22. The molecule has 1 aliphatic rings. The number of amides is 1. The summed E-state index contributed by atoms with van der Waals surface area (Å²) in [7, 11) is 0. The molecule has 7 N–H and O–H groups in total. The fourth-order valence-corrected chi connectivity index (χ4v) is 6.57. The van der Waals surface area contributed by atoms with Crippen LogP contribution in [0.3, 0.4) is 0 Å². The second-order valence-electron chi connectivity index (χ2n) is 14.9. The number of unbranched alkanes of at least 4 members (excludes halogenated alkanes) is 21. The summed E-state index contributed by atoms with van der Waals surface area (Å²) in [5.74, 6) is -0.622. The average molecular weight is 742 g/mol. The molecule has 0 aromatic heterocycles. The highest BCUT2D eigenvalue weighted by molar-refractivity contribution is 5.80. The lowest BCUT2D eigenvalue weighted by molar-refractivity contribution is -0.302. The van der Waals surface area contributed by atoms with E-state index in [9.17, 15) is 35.4 Å². The molecule has 1 rings (SSSR count). The molecule has 1 fully saturated rings. The van der Waals surface area contributed by atoms with Gasteiger partial charge in [0.15, 0.2) is 6.29 Å². The van der Waals surface area contributed by atoms with Gasteiger partial charge in [-0.05, 0) is 44.9 Å². The van der Waals surface area contributed by atoms with Crippen LogP contribution in [-0.4, -0.2) is 98.7 Å². The molecule has 1 heterocycles. The van der Waals surface area contributed by atoms with Gasteiger partial charge in [-0.25, -0.2) is 0 Å². The van der Waals surface area contributed by atoms with Crippen molar-refractivity contribution in [2.24, 2.45) is 0 Å². The lowest BCUT2D eigenvalue weighted by Gasteiger charge is -2.40. The molecule has 10 heteroatoms. The van der Waals surface area contributed by atoms with Crippen LogP contribution in [0.1, 0.15) is 174 Å². The van der Waals surface area contributed by atoms with E-state index in [1.54, 1.807) is 6.08 Å². The van der Waals surface area contributed by atoms with Gasteiger partial charge in [0.05, 0.1) is 25.4 Å². The smallest absolute Gasteiger partial charge is 0.249 e. The van der Waals surface area contributed by atoms with Crippen molar-refractivity contribution in [3.63, 3.8) is 0 Å². The molecule has 0 saturated carbocycles. The second kappa shape index (κ2) is 33.0. The van der Waals surface area contributed by atoms with Gasteiger partial charge >= 0.3 is 0 Å².